The molecule has 1 saturated heterocycles. The van der Waals surface area contributed by atoms with E-state index in [-0.39, 0.29) is 5.91 Å². The van der Waals surface area contributed by atoms with Gasteiger partial charge in [-0.1, -0.05) is 27.5 Å². The van der Waals surface area contributed by atoms with E-state index in [1.807, 2.05) is 17.8 Å². The van der Waals surface area contributed by atoms with E-state index < -0.39 is 0 Å². The Morgan fingerprint density at radius 2 is 2.12 bits per heavy atom. The van der Waals surface area contributed by atoms with Gasteiger partial charge in [0.25, 0.3) is 5.91 Å². The lowest BCUT2D eigenvalue weighted by Crippen LogP contribution is -2.37. The first-order valence-electron chi connectivity index (χ1n) is 5.50. The van der Waals surface area contributed by atoms with Crippen molar-refractivity contribution >= 4 is 45.2 Å². The fourth-order valence-electron chi connectivity index (χ4n) is 1.78. The van der Waals surface area contributed by atoms with Gasteiger partial charge >= 0.3 is 0 Å². The van der Waals surface area contributed by atoms with E-state index >= 15 is 0 Å². The number of rotatable bonds is 2. The van der Waals surface area contributed by atoms with Crippen molar-refractivity contribution in [3.63, 3.8) is 0 Å². The molecule has 0 unspecified atom stereocenters. The van der Waals surface area contributed by atoms with Crippen molar-refractivity contribution in [2.45, 2.75) is 18.9 Å². The van der Waals surface area contributed by atoms with Gasteiger partial charge in [0.1, 0.15) is 0 Å². The SMILES string of the molecule is O=C(NC1CCSCC1)c1cc(Br)ccc1Cl. The molecule has 0 aliphatic carbocycles. The van der Waals surface area contributed by atoms with Gasteiger partial charge in [0.15, 0.2) is 0 Å². The predicted molar refractivity (Wildman–Crippen MR) is 77.0 cm³/mol. The van der Waals surface area contributed by atoms with Gasteiger partial charge in [-0.05, 0) is 42.5 Å². The molecule has 0 spiro atoms. The van der Waals surface area contributed by atoms with E-state index in [9.17, 15) is 4.79 Å². The molecule has 1 heterocycles. The lowest BCUT2D eigenvalue weighted by atomic mass is 10.1. The molecular formula is C12H13BrClNOS. The number of hydrogen-bond acceptors (Lipinski definition) is 2. The molecule has 0 radical (unpaired) electrons. The summed E-state index contributed by atoms with van der Waals surface area (Å²) < 4.78 is 0.867. The van der Waals surface area contributed by atoms with Gasteiger partial charge in [0, 0.05) is 10.5 Å². The largest absolute Gasteiger partial charge is 0.349 e. The third-order valence-corrected chi connectivity index (χ3v) is 4.60. The smallest absolute Gasteiger partial charge is 0.253 e. The molecular weight excluding hydrogens is 322 g/mol. The second kappa shape index (κ2) is 6.12. The van der Waals surface area contributed by atoms with Gasteiger partial charge in [-0.15, -0.1) is 0 Å². The third-order valence-electron chi connectivity index (χ3n) is 2.73. The van der Waals surface area contributed by atoms with Crippen molar-refractivity contribution in [1.82, 2.24) is 5.32 Å². The van der Waals surface area contributed by atoms with Crippen LogP contribution >= 0.6 is 39.3 Å². The fraction of sp³-hybridized carbons (Fsp3) is 0.417. The Bertz CT molecular complexity index is 421. The van der Waals surface area contributed by atoms with Crippen molar-refractivity contribution in [3.8, 4) is 0 Å². The van der Waals surface area contributed by atoms with Crippen LogP contribution in [-0.2, 0) is 0 Å². The molecule has 0 atom stereocenters. The lowest BCUT2D eigenvalue weighted by Gasteiger charge is -2.22. The van der Waals surface area contributed by atoms with Crippen LogP contribution in [0.5, 0.6) is 0 Å². The number of amides is 1. The second-order valence-electron chi connectivity index (χ2n) is 3.98. The van der Waals surface area contributed by atoms with Gasteiger partial charge in [0.2, 0.25) is 0 Å². The van der Waals surface area contributed by atoms with E-state index in [1.165, 1.54) is 0 Å². The second-order valence-corrected chi connectivity index (χ2v) is 6.53. The van der Waals surface area contributed by atoms with E-state index in [4.69, 9.17) is 11.6 Å². The zero-order chi connectivity index (χ0) is 12.3. The molecule has 1 aromatic carbocycles. The van der Waals surface area contributed by atoms with Crippen molar-refractivity contribution in [2.24, 2.45) is 0 Å². The molecule has 0 saturated carbocycles. The Morgan fingerprint density at radius 1 is 1.41 bits per heavy atom. The van der Waals surface area contributed by atoms with Crippen LogP contribution in [0.1, 0.15) is 23.2 Å². The fourth-order valence-corrected chi connectivity index (χ4v) is 3.45. The minimum absolute atomic E-state index is 0.0757. The van der Waals surface area contributed by atoms with Crippen molar-refractivity contribution in [3.05, 3.63) is 33.3 Å². The number of thioether (sulfide) groups is 1. The highest BCUT2D eigenvalue weighted by Gasteiger charge is 2.18. The van der Waals surface area contributed by atoms with Gasteiger partial charge in [-0.3, -0.25) is 4.79 Å². The molecule has 1 N–H and O–H groups in total. The van der Waals surface area contributed by atoms with Gasteiger partial charge in [-0.25, -0.2) is 0 Å². The van der Waals surface area contributed by atoms with Crippen molar-refractivity contribution < 1.29 is 4.79 Å². The Morgan fingerprint density at radius 3 is 2.82 bits per heavy atom. The number of carbonyl (C=O) groups excluding carboxylic acids is 1. The topological polar surface area (TPSA) is 29.1 Å². The zero-order valence-corrected chi connectivity index (χ0v) is 12.4. The van der Waals surface area contributed by atoms with Crippen molar-refractivity contribution in [1.29, 1.82) is 0 Å². The molecule has 1 aromatic rings. The number of hydrogen-bond donors (Lipinski definition) is 1. The number of nitrogens with one attached hydrogen (secondary N) is 1. The highest BCUT2D eigenvalue weighted by atomic mass is 79.9. The van der Waals surface area contributed by atoms with Crippen LogP contribution in [0.25, 0.3) is 0 Å². The van der Waals surface area contributed by atoms with Gasteiger partial charge in [0.05, 0.1) is 10.6 Å². The minimum Gasteiger partial charge on any atom is -0.349 e. The summed E-state index contributed by atoms with van der Waals surface area (Å²) in [6.45, 7) is 0. The van der Waals surface area contributed by atoms with E-state index in [2.05, 4.69) is 21.2 Å². The number of carbonyl (C=O) groups is 1. The summed E-state index contributed by atoms with van der Waals surface area (Å²) in [5.41, 5.74) is 0.541. The minimum atomic E-state index is -0.0757. The maximum Gasteiger partial charge on any atom is 0.253 e. The van der Waals surface area contributed by atoms with Crippen LogP contribution in [0.3, 0.4) is 0 Å². The summed E-state index contributed by atoms with van der Waals surface area (Å²) in [6.07, 6.45) is 2.09. The Labute approximate surface area is 119 Å². The van der Waals surface area contributed by atoms with Crippen LogP contribution in [0.2, 0.25) is 5.02 Å². The van der Waals surface area contributed by atoms with Crippen molar-refractivity contribution in [2.75, 3.05) is 11.5 Å². The van der Waals surface area contributed by atoms with Crippen LogP contribution in [0, 0.1) is 0 Å². The molecule has 17 heavy (non-hydrogen) atoms. The third kappa shape index (κ3) is 3.63. The number of halogens is 2. The van der Waals surface area contributed by atoms with Crippen LogP contribution < -0.4 is 5.32 Å². The summed E-state index contributed by atoms with van der Waals surface area (Å²) in [6, 6.07) is 5.61. The molecule has 1 aliphatic rings. The molecule has 1 aliphatic heterocycles. The first-order valence-corrected chi connectivity index (χ1v) is 7.83. The maximum atomic E-state index is 12.1. The lowest BCUT2D eigenvalue weighted by molar-refractivity contribution is 0.0935. The normalized spacial score (nSPS) is 16.8. The van der Waals surface area contributed by atoms with E-state index in [1.54, 1.807) is 12.1 Å². The Hall–Kier alpha value is -0.190. The quantitative estimate of drug-likeness (QED) is 0.893. The predicted octanol–water partition coefficient (Wildman–Crippen LogP) is 3.73. The highest BCUT2D eigenvalue weighted by molar-refractivity contribution is 9.10. The Kier molecular flexibility index (Phi) is 4.77. The molecule has 2 nitrogen and oxygen atoms in total. The van der Waals surface area contributed by atoms with Gasteiger partial charge in [-0.2, -0.15) is 11.8 Å². The van der Waals surface area contributed by atoms with Gasteiger partial charge < -0.3 is 5.32 Å². The molecule has 1 amide bonds. The number of benzene rings is 1. The van der Waals surface area contributed by atoms with Crippen LogP contribution in [0.15, 0.2) is 22.7 Å². The van der Waals surface area contributed by atoms with E-state index in [0.29, 0.717) is 16.6 Å². The molecule has 0 bridgehead atoms. The monoisotopic (exact) mass is 333 g/mol. The zero-order valence-electron chi connectivity index (χ0n) is 9.21. The first-order chi connectivity index (χ1) is 8.16. The average Bonchev–Trinajstić information content (AvgIpc) is 2.33. The Balaban J connectivity index is 2.05. The van der Waals surface area contributed by atoms with Crippen LogP contribution in [0.4, 0.5) is 0 Å². The van der Waals surface area contributed by atoms with Crippen LogP contribution in [-0.4, -0.2) is 23.5 Å². The van der Waals surface area contributed by atoms with E-state index in [0.717, 1.165) is 28.8 Å². The standard InChI is InChI=1S/C12H13BrClNOS/c13-8-1-2-11(14)10(7-8)12(16)15-9-3-5-17-6-4-9/h1-2,7,9H,3-6H2,(H,15,16). The summed E-state index contributed by atoms with van der Waals surface area (Å²) in [4.78, 5) is 12.1. The molecule has 2 rings (SSSR count). The molecule has 5 heteroatoms. The maximum absolute atomic E-state index is 12.1. The summed E-state index contributed by atoms with van der Waals surface area (Å²) >= 11 is 11.3. The first kappa shape index (κ1) is 13.2. The molecule has 0 aromatic heterocycles. The average molecular weight is 335 g/mol. The molecule has 92 valence electrons. The summed E-state index contributed by atoms with van der Waals surface area (Å²) in [5, 5.41) is 3.54. The molecule has 1 fully saturated rings. The summed E-state index contributed by atoms with van der Waals surface area (Å²) in [5.74, 6) is 2.17. The highest BCUT2D eigenvalue weighted by Crippen LogP contribution is 2.22. The summed E-state index contributed by atoms with van der Waals surface area (Å²) in [7, 11) is 0.